The molecule has 0 aromatic heterocycles. The van der Waals surface area contributed by atoms with Gasteiger partial charge in [0, 0.05) is 24.9 Å². The molecule has 1 unspecified atom stereocenters. The molecule has 178 valence electrons. The van der Waals surface area contributed by atoms with Gasteiger partial charge < -0.3 is 4.48 Å². The first kappa shape index (κ1) is 26.3. The summed E-state index contributed by atoms with van der Waals surface area (Å²) in [5.74, 6) is -0.260. The van der Waals surface area contributed by atoms with Crippen LogP contribution >= 0.6 is 0 Å². The Kier molecular flexibility index (Phi) is 11.7. The molecule has 2 rings (SSSR count). The van der Waals surface area contributed by atoms with E-state index < -0.39 is 0 Å². The summed E-state index contributed by atoms with van der Waals surface area (Å²) >= 11 is 0. The van der Waals surface area contributed by atoms with Crippen molar-refractivity contribution in [3.63, 3.8) is 0 Å². The molecule has 0 saturated carbocycles. The van der Waals surface area contributed by atoms with E-state index in [0.29, 0.717) is 13.0 Å². The summed E-state index contributed by atoms with van der Waals surface area (Å²) in [4.78, 5) is 26.6. The average molecular weight is 442 g/mol. The predicted molar refractivity (Wildman–Crippen MR) is 133 cm³/mol. The monoisotopic (exact) mass is 441 g/mol. The highest BCUT2D eigenvalue weighted by Gasteiger charge is 2.36. The number of amides is 2. The number of quaternary nitrogens is 1. The van der Waals surface area contributed by atoms with Crippen LogP contribution in [0.15, 0.2) is 42.5 Å². The lowest BCUT2D eigenvalue weighted by atomic mass is 10.0. The Balaban J connectivity index is 1.64. The summed E-state index contributed by atoms with van der Waals surface area (Å²) < 4.78 is 0.849. The van der Waals surface area contributed by atoms with Crippen molar-refractivity contribution in [2.75, 3.05) is 27.2 Å². The molecule has 1 aliphatic heterocycles. The summed E-state index contributed by atoms with van der Waals surface area (Å²) in [7, 11) is 4.41. The topological polar surface area (TPSA) is 37.4 Å². The minimum atomic E-state index is -0.247. The molecular weight excluding hydrogens is 396 g/mol. The maximum absolute atomic E-state index is 12.7. The largest absolute Gasteiger partial charge is 0.325 e. The van der Waals surface area contributed by atoms with Crippen LogP contribution in [0.4, 0.5) is 0 Å². The van der Waals surface area contributed by atoms with Gasteiger partial charge >= 0.3 is 0 Å². The summed E-state index contributed by atoms with van der Waals surface area (Å²) in [6.45, 7) is 4.68. The third-order valence-corrected chi connectivity index (χ3v) is 6.47. The number of nitrogens with zero attached hydrogens (tertiary/aromatic N) is 2. The minimum Gasteiger partial charge on any atom is -0.325 e. The molecule has 1 aliphatic rings. The molecule has 32 heavy (non-hydrogen) atoms. The third kappa shape index (κ3) is 9.68. The highest BCUT2D eigenvalue weighted by Crippen LogP contribution is 2.22. The first-order chi connectivity index (χ1) is 15.4. The Hall–Kier alpha value is -1.94. The molecule has 1 saturated heterocycles. The van der Waals surface area contributed by atoms with E-state index in [1.54, 1.807) is 0 Å². The van der Waals surface area contributed by atoms with Crippen LogP contribution in [0.2, 0.25) is 0 Å². The van der Waals surface area contributed by atoms with Crippen molar-refractivity contribution >= 4 is 11.8 Å². The van der Waals surface area contributed by atoms with Crippen LogP contribution in [0.5, 0.6) is 0 Å². The molecule has 1 heterocycles. The van der Waals surface area contributed by atoms with Crippen LogP contribution in [0, 0.1) is 5.92 Å². The number of carbonyl (C=O) groups is 2. The zero-order valence-electron chi connectivity index (χ0n) is 20.7. The molecule has 1 fully saturated rings. The number of rotatable bonds is 16. The van der Waals surface area contributed by atoms with Crippen molar-refractivity contribution in [2.24, 2.45) is 5.92 Å². The van der Waals surface area contributed by atoms with Gasteiger partial charge in [0.05, 0.1) is 26.6 Å². The predicted octanol–water partition coefficient (Wildman–Crippen LogP) is 6.12. The first-order valence-electron chi connectivity index (χ1n) is 12.8. The number of hydrogen-bond donors (Lipinski definition) is 0. The van der Waals surface area contributed by atoms with Gasteiger partial charge in [-0.1, -0.05) is 94.4 Å². The van der Waals surface area contributed by atoms with Gasteiger partial charge in [-0.2, -0.15) is 0 Å². The Labute approximate surface area is 196 Å². The van der Waals surface area contributed by atoms with Gasteiger partial charge in [-0.05, 0) is 12.8 Å². The molecule has 0 aliphatic carbocycles. The van der Waals surface area contributed by atoms with Crippen LogP contribution in [0.3, 0.4) is 0 Å². The number of carbonyl (C=O) groups excluding carboxylic acids is 2. The molecule has 0 radical (unpaired) electrons. The van der Waals surface area contributed by atoms with Gasteiger partial charge in [0.15, 0.2) is 0 Å². The second-order valence-corrected chi connectivity index (χ2v) is 10.0. The standard InChI is InChI=1S/C28H45N2O2/c1-4-5-6-7-8-9-10-11-12-16-20-26-23-27(31)29(28(26)32)21-17-22-30(2,3)24-25-18-14-13-15-19-25/h13-16,18-20,26H,4-12,17,21-24H2,1-3H3/q+1/b20-16+. The number of unbranched alkanes of at least 4 members (excludes halogenated alkanes) is 8. The lowest BCUT2D eigenvalue weighted by molar-refractivity contribution is -0.903. The molecule has 1 atom stereocenters. The SMILES string of the molecule is CCCCCCCCCC/C=C/C1CC(=O)N(CCC[N+](C)(C)Cc2ccccc2)C1=O. The fourth-order valence-corrected chi connectivity index (χ4v) is 4.56. The average Bonchev–Trinajstić information content (AvgIpc) is 3.03. The van der Waals surface area contributed by atoms with Crippen LogP contribution < -0.4 is 0 Å². The summed E-state index contributed by atoms with van der Waals surface area (Å²) in [5.41, 5.74) is 1.31. The van der Waals surface area contributed by atoms with Crippen LogP contribution in [0.25, 0.3) is 0 Å². The first-order valence-corrected chi connectivity index (χ1v) is 12.8. The maximum atomic E-state index is 12.7. The Bertz CT molecular complexity index is 711. The van der Waals surface area contributed by atoms with E-state index in [2.05, 4.69) is 51.4 Å². The zero-order chi connectivity index (χ0) is 23.2. The van der Waals surface area contributed by atoms with E-state index in [1.807, 2.05) is 12.1 Å². The van der Waals surface area contributed by atoms with E-state index in [0.717, 1.165) is 30.4 Å². The smallest absolute Gasteiger partial charge is 0.236 e. The lowest BCUT2D eigenvalue weighted by Gasteiger charge is -2.30. The van der Waals surface area contributed by atoms with Gasteiger partial charge in [0.2, 0.25) is 11.8 Å². The van der Waals surface area contributed by atoms with Crippen molar-refractivity contribution in [2.45, 2.75) is 84.1 Å². The van der Waals surface area contributed by atoms with Gasteiger partial charge in [0.1, 0.15) is 6.54 Å². The van der Waals surface area contributed by atoms with E-state index in [1.165, 1.54) is 61.8 Å². The Morgan fingerprint density at radius 1 is 0.938 bits per heavy atom. The van der Waals surface area contributed by atoms with Crippen LogP contribution in [-0.2, 0) is 16.1 Å². The van der Waals surface area contributed by atoms with Gasteiger partial charge in [0.25, 0.3) is 0 Å². The zero-order valence-corrected chi connectivity index (χ0v) is 20.7. The summed E-state index contributed by atoms with van der Waals surface area (Å²) in [5, 5.41) is 0. The fraction of sp³-hybridized carbons (Fsp3) is 0.643. The van der Waals surface area contributed by atoms with Crippen molar-refractivity contribution < 1.29 is 14.1 Å². The van der Waals surface area contributed by atoms with Crippen LogP contribution in [-0.4, -0.2) is 48.4 Å². The molecule has 1 aromatic carbocycles. The van der Waals surface area contributed by atoms with Crippen molar-refractivity contribution in [1.82, 2.24) is 4.90 Å². The maximum Gasteiger partial charge on any atom is 0.236 e. The summed E-state index contributed by atoms with van der Waals surface area (Å²) in [6.07, 6.45) is 16.8. The number of benzene rings is 1. The number of hydrogen-bond acceptors (Lipinski definition) is 2. The molecule has 0 N–H and O–H groups in total. The molecule has 0 bridgehead atoms. The molecule has 4 heteroatoms. The molecule has 1 aromatic rings. The number of allylic oxidation sites excluding steroid dienone is 1. The normalized spacial score (nSPS) is 17.1. The van der Waals surface area contributed by atoms with Gasteiger partial charge in [-0.15, -0.1) is 0 Å². The molecule has 4 nitrogen and oxygen atoms in total. The highest BCUT2D eigenvalue weighted by atomic mass is 16.2. The highest BCUT2D eigenvalue weighted by molar-refractivity contribution is 6.04. The second kappa shape index (κ2) is 14.3. The second-order valence-electron chi connectivity index (χ2n) is 10.0. The van der Waals surface area contributed by atoms with E-state index >= 15 is 0 Å². The fourth-order valence-electron chi connectivity index (χ4n) is 4.56. The number of likely N-dealkylation sites (tertiary alicyclic amines) is 1. The van der Waals surface area contributed by atoms with E-state index in [9.17, 15) is 9.59 Å². The third-order valence-electron chi connectivity index (χ3n) is 6.47. The lowest BCUT2D eigenvalue weighted by Crippen LogP contribution is -2.41. The van der Waals surface area contributed by atoms with E-state index in [4.69, 9.17) is 0 Å². The van der Waals surface area contributed by atoms with Crippen molar-refractivity contribution in [1.29, 1.82) is 0 Å². The Morgan fingerprint density at radius 3 is 2.28 bits per heavy atom. The number of imide groups is 1. The minimum absolute atomic E-state index is 0.00413. The van der Waals surface area contributed by atoms with E-state index in [-0.39, 0.29) is 17.7 Å². The summed E-state index contributed by atoms with van der Waals surface area (Å²) in [6, 6.07) is 10.5. The van der Waals surface area contributed by atoms with Gasteiger partial charge in [-0.3, -0.25) is 14.5 Å². The Morgan fingerprint density at radius 2 is 1.59 bits per heavy atom. The quantitative estimate of drug-likeness (QED) is 0.134. The molecule has 0 spiro atoms. The van der Waals surface area contributed by atoms with Crippen molar-refractivity contribution in [3.05, 3.63) is 48.0 Å². The van der Waals surface area contributed by atoms with Crippen molar-refractivity contribution in [3.8, 4) is 0 Å². The van der Waals surface area contributed by atoms with Crippen LogP contribution in [0.1, 0.15) is 83.1 Å². The van der Waals surface area contributed by atoms with Gasteiger partial charge in [-0.25, -0.2) is 0 Å². The molecular formula is C28H45N2O2+. The molecule has 2 amide bonds.